The highest BCUT2D eigenvalue weighted by atomic mass is 35.5. The number of nitrogens with one attached hydrogen (secondary N) is 2. The van der Waals surface area contributed by atoms with E-state index in [-0.39, 0.29) is 17.3 Å². The molecule has 0 aliphatic rings. The summed E-state index contributed by atoms with van der Waals surface area (Å²) in [5.74, 6) is 0.290. The van der Waals surface area contributed by atoms with E-state index in [0.717, 1.165) is 5.56 Å². The van der Waals surface area contributed by atoms with Gasteiger partial charge in [-0.1, -0.05) is 53.7 Å². The molecule has 0 saturated carbocycles. The molecule has 0 fully saturated rings. The minimum absolute atomic E-state index is 0.111. The van der Waals surface area contributed by atoms with Crippen molar-refractivity contribution in [1.82, 2.24) is 19.7 Å². The molecule has 0 saturated heterocycles. The molecule has 9 heteroatoms. The second-order valence-electron chi connectivity index (χ2n) is 5.40. The molecule has 3 aromatic rings. The average Bonchev–Trinajstić information content (AvgIpc) is 3.01. The Bertz CT molecular complexity index is 924. The molecule has 0 aliphatic heterocycles. The number of aryl methyl sites for hydroxylation is 1. The number of nitrogens with zero attached hydrogens (tertiary/aromatic N) is 3. The van der Waals surface area contributed by atoms with E-state index in [0.29, 0.717) is 29.0 Å². The van der Waals surface area contributed by atoms with E-state index in [9.17, 15) is 9.59 Å². The highest BCUT2D eigenvalue weighted by molar-refractivity contribution is 7.99. The predicted octanol–water partition coefficient (Wildman–Crippen LogP) is 2.59. The molecule has 2 aromatic heterocycles. The summed E-state index contributed by atoms with van der Waals surface area (Å²) < 4.78 is 1.53. The van der Waals surface area contributed by atoms with E-state index in [1.54, 1.807) is 12.1 Å². The van der Waals surface area contributed by atoms with Gasteiger partial charge in [0.15, 0.2) is 5.16 Å². The number of carbonyl (C=O) groups is 1. The molecule has 0 bridgehead atoms. The fourth-order valence-corrected chi connectivity index (χ4v) is 3.14. The van der Waals surface area contributed by atoms with Gasteiger partial charge in [-0.3, -0.25) is 9.36 Å². The van der Waals surface area contributed by atoms with Crippen LogP contribution in [0, 0.1) is 0 Å². The monoisotopic (exact) mass is 389 g/mol. The summed E-state index contributed by atoms with van der Waals surface area (Å²) in [6, 6.07) is 13.1. The number of halogens is 1. The highest BCUT2D eigenvalue weighted by Crippen LogP contribution is 2.15. The standard InChI is InChI=1S/C17H16ClN5O2S/c18-13-6-7-14(19-10-13)20-15(24)11-26-17-22-21-16(25)23(17)9-8-12-4-2-1-3-5-12/h1-7,10H,8-9,11H2,(H,21,25)(H,19,20,24). The molecule has 3 rings (SSSR count). The Balaban J connectivity index is 1.57. The van der Waals surface area contributed by atoms with E-state index in [4.69, 9.17) is 11.6 Å². The molecule has 0 unspecified atom stereocenters. The minimum atomic E-state index is -0.289. The maximum Gasteiger partial charge on any atom is 0.343 e. The molecule has 2 N–H and O–H groups in total. The molecule has 0 atom stereocenters. The Morgan fingerprint density at radius 3 is 2.77 bits per heavy atom. The predicted molar refractivity (Wildman–Crippen MR) is 102 cm³/mol. The van der Waals surface area contributed by atoms with E-state index in [1.807, 2.05) is 30.3 Å². The number of amides is 1. The van der Waals surface area contributed by atoms with Crippen LogP contribution < -0.4 is 11.0 Å². The number of pyridine rings is 1. The quantitative estimate of drug-likeness (QED) is 0.606. The fourth-order valence-electron chi connectivity index (χ4n) is 2.25. The van der Waals surface area contributed by atoms with Crippen molar-refractivity contribution in [2.24, 2.45) is 0 Å². The van der Waals surface area contributed by atoms with Crippen LogP contribution >= 0.6 is 23.4 Å². The van der Waals surface area contributed by atoms with Gasteiger partial charge in [-0.25, -0.2) is 14.9 Å². The Morgan fingerprint density at radius 2 is 2.04 bits per heavy atom. The number of hydrogen-bond acceptors (Lipinski definition) is 5. The summed E-state index contributed by atoms with van der Waals surface area (Å²) in [4.78, 5) is 28.0. The summed E-state index contributed by atoms with van der Waals surface area (Å²) in [5.41, 5.74) is 0.839. The Morgan fingerprint density at radius 1 is 1.23 bits per heavy atom. The fraction of sp³-hybridized carbons (Fsp3) is 0.176. The summed E-state index contributed by atoms with van der Waals surface area (Å²) in [5, 5.41) is 10.1. The third-order valence-electron chi connectivity index (χ3n) is 3.52. The lowest BCUT2D eigenvalue weighted by atomic mass is 10.1. The molecule has 1 amide bonds. The van der Waals surface area contributed by atoms with Crippen molar-refractivity contribution < 1.29 is 4.79 Å². The Hall–Kier alpha value is -2.58. The first-order chi connectivity index (χ1) is 12.6. The van der Waals surface area contributed by atoms with Gasteiger partial charge in [0.1, 0.15) is 5.82 Å². The van der Waals surface area contributed by atoms with Crippen LogP contribution in [0.2, 0.25) is 5.02 Å². The SMILES string of the molecule is O=C(CSc1n[nH]c(=O)n1CCc1ccccc1)Nc1ccc(Cl)cn1. The van der Waals surface area contributed by atoms with E-state index in [2.05, 4.69) is 20.5 Å². The van der Waals surface area contributed by atoms with Gasteiger partial charge in [0.05, 0.1) is 10.8 Å². The van der Waals surface area contributed by atoms with Gasteiger partial charge in [-0.05, 0) is 24.1 Å². The van der Waals surface area contributed by atoms with Crippen LogP contribution in [-0.2, 0) is 17.8 Å². The zero-order valence-corrected chi connectivity index (χ0v) is 15.3. The molecule has 26 heavy (non-hydrogen) atoms. The highest BCUT2D eigenvalue weighted by Gasteiger charge is 2.12. The number of rotatable bonds is 7. The summed E-state index contributed by atoms with van der Waals surface area (Å²) in [6.45, 7) is 0.488. The largest absolute Gasteiger partial charge is 0.343 e. The molecule has 0 aliphatic carbocycles. The van der Waals surface area contributed by atoms with Crippen molar-refractivity contribution >= 4 is 35.1 Å². The number of aromatic amines is 1. The van der Waals surface area contributed by atoms with Gasteiger partial charge < -0.3 is 5.32 Å². The van der Waals surface area contributed by atoms with E-state index < -0.39 is 0 Å². The van der Waals surface area contributed by atoms with Crippen LogP contribution in [0.5, 0.6) is 0 Å². The van der Waals surface area contributed by atoms with Gasteiger partial charge in [-0.15, -0.1) is 5.10 Å². The number of H-pyrrole nitrogens is 1. The van der Waals surface area contributed by atoms with Crippen LogP contribution in [0.15, 0.2) is 58.6 Å². The van der Waals surface area contributed by atoms with Crippen molar-refractivity contribution in [2.45, 2.75) is 18.1 Å². The van der Waals surface area contributed by atoms with Crippen LogP contribution in [0.25, 0.3) is 0 Å². The Kier molecular flexibility index (Phi) is 6.08. The first-order valence-corrected chi connectivity index (χ1v) is 9.21. The topological polar surface area (TPSA) is 92.7 Å². The number of anilines is 1. The van der Waals surface area contributed by atoms with E-state index in [1.165, 1.54) is 22.5 Å². The van der Waals surface area contributed by atoms with Crippen molar-refractivity contribution in [3.63, 3.8) is 0 Å². The van der Waals surface area contributed by atoms with Gasteiger partial charge >= 0.3 is 5.69 Å². The number of carbonyl (C=O) groups excluding carboxylic acids is 1. The van der Waals surface area contributed by atoms with E-state index >= 15 is 0 Å². The number of benzene rings is 1. The second-order valence-corrected chi connectivity index (χ2v) is 6.78. The number of aromatic nitrogens is 4. The molecule has 7 nitrogen and oxygen atoms in total. The normalized spacial score (nSPS) is 10.7. The average molecular weight is 390 g/mol. The third-order valence-corrected chi connectivity index (χ3v) is 4.72. The lowest BCUT2D eigenvalue weighted by molar-refractivity contribution is -0.113. The summed E-state index contributed by atoms with van der Waals surface area (Å²) in [6.07, 6.45) is 2.16. The first kappa shape index (κ1) is 18.2. The lowest BCUT2D eigenvalue weighted by Crippen LogP contribution is -2.20. The summed E-state index contributed by atoms with van der Waals surface area (Å²) >= 11 is 6.95. The minimum Gasteiger partial charge on any atom is -0.310 e. The van der Waals surface area contributed by atoms with Crippen LogP contribution in [0.1, 0.15) is 5.56 Å². The number of hydrogen-bond donors (Lipinski definition) is 2. The molecule has 2 heterocycles. The first-order valence-electron chi connectivity index (χ1n) is 7.85. The zero-order chi connectivity index (χ0) is 18.4. The molecule has 0 spiro atoms. The van der Waals surface area contributed by atoms with Crippen LogP contribution in [-0.4, -0.2) is 31.4 Å². The van der Waals surface area contributed by atoms with Gasteiger partial charge in [-0.2, -0.15) is 0 Å². The van der Waals surface area contributed by atoms with Crippen molar-refractivity contribution in [2.75, 3.05) is 11.1 Å². The van der Waals surface area contributed by atoms with Crippen molar-refractivity contribution in [3.8, 4) is 0 Å². The third kappa shape index (κ3) is 4.96. The van der Waals surface area contributed by atoms with Gasteiger partial charge in [0, 0.05) is 12.7 Å². The molecule has 0 radical (unpaired) electrons. The van der Waals surface area contributed by atoms with Crippen LogP contribution in [0.4, 0.5) is 5.82 Å². The maximum absolute atomic E-state index is 12.0. The maximum atomic E-state index is 12.0. The molecular weight excluding hydrogens is 374 g/mol. The summed E-state index contributed by atoms with van der Waals surface area (Å²) in [7, 11) is 0. The van der Waals surface area contributed by atoms with Crippen molar-refractivity contribution in [1.29, 1.82) is 0 Å². The Labute approximate surface area is 158 Å². The zero-order valence-electron chi connectivity index (χ0n) is 13.7. The second kappa shape index (κ2) is 8.68. The van der Waals surface area contributed by atoms with Gasteiger partial charge in [0.2, 0.25) is 5.91 Å². The van der Waals surface area contributed by atoms with Crippen molar-refractivity contribution in [3.05, 3.63) is 69.7 Å². The van der Waals surface area contributed by atoms with Gasteiger partial charge in [0.25, 0.3) is 0 Å². The molecule has 1 aromatic carbocycles. The lowest BCUT2D eigenvalue weighted by Gasteiger charge is -2.06. The number of thioether (sulfide) groups is 1. The molecular formula is C17H16ClN5O2S. The molecule has 134 valence electrons. The smallest absolute Gasteiger partial charge is 0.310 e. The van der Waals surface area contributed by atoms with Crippen LogP contribution in [0.3, 0.4) is 0 Å².